The summed E-state index contributed by atoms with van der Waals surface area (Å²) in [7, 11) is 0. The monoisotopic (exact) mass is 297 g/mol. The van der Waals surface area contributed by atoms with Crippen LogP contribution in [0.3, 0.4) is 0 Å². The predicted molar refractivity (Wildman–Crippen MR) is 71.5 cm³/mol. The van der Waals surface area contributed by atoms with Crippen LogP contribution in [0.5, 0.6) is 0 Å². The maximum absolute atomic E-state index is 13.6. The standard InChI is InChI=1S/C14H17BrFN/c15-12-2-1-3-13(16)14(12)17-8-11-7-9-4-5-10(11)6-9/h1-3,9-11,17H,4-8H2. The molecule has 1 nitrogen and oxygen atoms in total. The highest BCUT2D eigenvalue weighted by Crippen LogP contribution is 2.48. The first kappa shape index (κ1) is 11.5. The molecule has 0 heterocycles. The Kier molecular flexibility index (Phi) is 3.12. The number of para-hydroxylation sites is 1. The summed E-state index contributed by atoms with van der Waals surface area (Å²) in [4.78, 5) is 0. The van der Waals surface area contributed by atoms with Crippen molar-refractivity contribution in [3.63, 3.8) is 0 Å². The lowest BCUT2D eigenvalue weighted by atomic mass is 9.89. The Morgan fingerprint density at radius 3 is 2.82 bits per heavy atom. The molecule has 2 fully saturated rings. The van der Waals surface area contributed by atoms with Gasteiger partial charge in [-0.1, -0.05) is 12.5 Å². The molecule has 0 radical (unpaired) electrons. The van der Waals surface area contributed by atoms with Gasteiger partial charge in [-0.25, -0.2) is 4.39 Å². The van der Waals surface area contributed by atoms with Crippen molar-refractivity contribution in [2.45, 2.75) is 25.7 Å². The first-order valence-electron chi connectivity index (χ1n) is 6.42. The van der Waals surface area contributed by atoms with Crippen LogP contribution in [-0.4, -0.2) is 6.54 Å². The van der Waals surface area contributed by atoms with Crippen molar-refractivity contribution in [3.8, 4) is 0 Å². The van der Waals surface area contributed by atoms with E-state index < -0.39 is 0 Å². The molecular formula is C14H17BrFN. The van der Waals surface area contributed by atoms with Gasteiger partial charge in [-0.3, -0.25) is 0 Å². The maximum Gasteiger partial charge on any atom is 0.147 e. The summed E-state index contributed by atoms with van der Waals surface area (Å²) < 4.78 is 14.4. The smallest absolute Gasteiger partial charge is 0.147 e. The van der Waals surface area contributed by atoms with Crippen LogP contribution in [0, 0.1) is 23.6 Å². The van der Waals surface area contributed by atoms with E-state index in [-0.39, 0.29) is 5.82 Å². The van der Waals surface area contributed by atoms with E-state index in [1.54, 1.807) is 6.07 Å². The molecule has 92 valence electrons. The zero-order valence-electron chi connectivity index (χ0n) is 9.76. The van der Waals surface area contributed by atoms with E-state index in [1.807, 2.05) is 6.07 Å². The molecule has 3 atom stereocenters. The maximum atomic E-state index is 13.6. The number of nitrogens with one attached hydrogen (secondary N) is 1. The Labute approximate surface area is 110 Å². The van der Waals surface area contributed by atoms with Gasteiger partial charge in [-0.2, -0.15) is 0 Å². The number of hydrogen-bond donors (Lipinski definition) is 1. The second-order valence-corrected chi connectivity index (χ2v) is 6.27. The molecule has 0 aliphatic heterocycles. The summed E-state index contributed by atoms with van der Waals surface area (Å²) >= 11 is 3.40. The van der Waals surface area contributed by atoms with Crippen molar-refractivity contribution in [2.75, 3.05) is 11.9 Å². The zero-order valence-corrected chi connectivity index (χ0v) is 11.3. The summed E-state index contributed by atoms with van der Waals surface area (Å²) in [6.45, 7) is 0.917. The molecule has 2 aliphatic carbocycles. The molecule has 1 aromatic rings. The van der Waals surface area contributed by atoms with Crippen LogP contribution in [0.2, 0.25) is 0 Å². The van der Waals surface area contributed by atoms with Crippen LogP contribution in [0.1, 0.15) is 25.7 Å². The average Bonchev–Trinajstić information content (AvgIpc) is 2.90. The van der Waals surface area contributed by atoms with Crippen molar-refractivity contribution >= 4 is 21.6 Å². The first-order chi connectivity index (χ1) is 8.24. The summed E-state index contributed by atoms with van der Waals surface area (Å²) in [6.07, 6.45) is 5.55. The highest BCUT2D eigenvalue weighted by atomic mass is 79.9. The molecule has 0 aromatic heterocycles. The number of hydrogen-bond acceptors (Lipinski definition) is 1. The van der Waals surface area contributed by atoms with E-state index >= 15 is 0 Å². The predicted octanol–water partition coefficient (Wildman–Crippen LogP) is 4.44. The second-order valence-electron chi connectivity index (χ2n) is 5.41. The Balaban J connectivity index is 1.64. The molecule has 0 saturated heterocycles. The third-order valence-electron chi connectivity index (χ3n) is 4.39. The lowest BCUT2D eigenvalue weighted by Crippen LogP contribution is -2.20. The van der Waals surface area contributed by atoms with Crippen molar-refractivity contribution in [2.24, 2.45) is 17.8 Å². The number of fused-ring (bicyclic) bond motifs is 2. The van der Waals surface area contributed by atoms with E-state index in [0.29, 0.717) is 5.69 Å². The summed E-state index contributed by atoms with van der Waals surface area (Å²) in [6, 6.07) is 5.11. The Bertz CT molecular complexity index is 400. The summed E-state index contributed by atoms with van der Waals surface area (Å²) in [5.41, 5.74) is 0.621. The fraction of sp³-hybridized carbons (Fsp3) is 0.571. The number of benzene rings is 1. The third-order valence-corrected chi connectivity index (χ3v) is 5.05. The minimum Gasteiger partial charge on any atom is -0.381 e. The number of anilines is 1. The fourth-order valence-electron chi connectivity index (χ4n) is 3.53. The van der Waals surface area contributed by atoms with Gasteiger partial charge in [0, 0.05) is 11.0 Å². The van der Waals surface area contributed by atoms with Crippen LogP contribution in [-0.2, 0) is 0 Å². The van der Waals surface area contributed by atoms with Crippen molar-refractivity contribution in [1.29, 1.82) is 0 Å². The van der Waals surface area contributed by atoms with Crippen molar-refractivity contribution < 1.29 is 4.39 Å². The molecule has 1 aromatic carbocycles. The van der Waals surface area contributed by atoms with Gasteiger partial charge in [-0.15, -0.1) is 0 Å². The van der Waals surface area contributed by atoms with Crippen LogP contribution >= 0.6 is 15.9 Å². The largest absolute Gasteiger partial charge is 0.381 e. The second kappa shape index (κ2) is 4.60. The fourth-order valence-corrected chi connectivity index (χ4v) is 4.01. The Morgan fingerprint density at radius 1 is 1.29 bits per heavy atom. The van der Waals surface area contributed by atoms with Gasteiger partial charge in [-0.05, 0) is 65.1 Å². The van der Waals surface area contributed by atoms with Gasteiger partial charge in [0.05, 0.1) is 5.69 Å². The third kappa shape index (κ3) is 2.22. The SMILES string of the molecule is Fc1cccc(Br)c1NCC1CC2CCC1C2. The van der Waals surface area contributed by atoms with Crippen LogP contribution < -0.4 is 5.32 Å². The van der Waals surface area contributed by atoms with E-state index in [1.165, 1.54) is 31.7 Å². The summed E-state index contributed by atoms with van der Waals surface area (Å²) in [5.74, 6) is 2.43. The van der Waals surface area contributed by atoms with Crippen molar-refractivity contribution in [3.05, 3.63) is 28.5 Å². The van der Waals surface area contributed by atoms with Gasteiger partial charge in [0.25, 0.3) is 0 Å². The molecule has 0 spiro atoms. The molecule has 2 saturated carbocycles. The van der Waals surface area contributed by atoms with E-state index in [9.17, 15) is 4.39 Å². The molecule has 2 bridgehead atoms. The summed E-state index contributed by atoms with van der Waals surface area (Å²) in [5, 5.41) is 3.29. The molecule has 1 N–H and O–H groups in total. The lowest BCUT2D eigenvalue weighted by Gasteiger charge is -2.22. The van der Waals surface area contributed by atoms with Crippen LogP contribution in [0.4, 0.5) is 10.1 Å². The minimum absolute atomic E-state index is 0.164. The van der Waals surface area contributed by atoms with Gasteiger partial charge < -0.3 is 5.32 Å². The zero-order chi connectivity index (χ0) is 11.8. The molecule has 17 heavy (non-hydrogen) atoms. The van der Waals surface area contributed by atoms with Gasteiger partial charge in [0.1, 0.15) is 5.82 Å². The van der Waals surface area contributed by atoms with Gasteiger partial charge in [0.15, 0.2) is 0 Å². The highest BCUT2D eigenvalue weighted by Gasteiger charge is 2.39. The van der Waals surface area contributed by atoms with Crippen LogP contribution in [0.25, 0.3) is 0 Å². The van der Waals surface area contributed by atoms with E-state index in [2.05, 4.69) is 21.2 Å². The van der Waals surface area contributed by atoms with E-state index in [0.717, 1.165) is 28.8 Å². The molecule has 3 unspecified atom stereocenters. The number of rotatable bonds is 3. The van der Waals surface area contributed by atoms with E-state index in [4.69, 9.17) is 0 Å². The first-order valence-corrected chi connectivity index (χ1v) is 7.21. The minimum atomic E-state index is -0.164. The Hall–Kier alpha value is -0.570. The van der Waals surface area contributed by atoms with Gasteiger partial charge in [0.2, 0.25) is 0 Å². The molecular weight excluding hydrogens is 281 g/mol. The normalized spacial score (nSPS) is 30.8. The molecule has 0 amide bonds. The Morgan fingerprint density at radius 2 is 2.18 bits per heavy atom. The quantitative estimate of drug-likeness (QED) is 0.870. The highest BCUT2D eigenvalue weighted by molar-refractivity contribution is 9.10. The molecule has 3 heteroatoms. The van der Waals surface area contributed by atoms with Crippen LogP contribution in [0.15, 0.2) is 22.7 Å². The van der Waals surface area contributed by atoms with Gasteiger partial charge >= 0.3 is 0 Å². The van der Waals surface area contributed by atoms with Crippen molar-refractivity contribution in [1.82, 2.24) is 0 Å². The molecule has 2 aliphatic rings. The average molecular weight is 298 g/mol. The molecule has 3 rings (SSSR count). The number of halogens is 2. The lowest BCUT2D eigenvalue weighted by molar-refractivity contribution is 0.348. The topological polar surface area (TPSA) is 12.0 Å².